The van der Waals surface area contributed by atoms with Crippen molar-refractivity contribution in [3.63, 3.8) is 0 Å². The first kappa shape index (κ1) is 18.5. The molecule has 1 aliphatic heterocycles. The fourth-order valence-electron chi connectivity index (χ4n) is 3.48. The van der Waals surface area contributed by atoms with Gasteiger partial charge >= 0.3 is 0 Å². The molecule has 0 atom stereocenters. The van der Waals surface area contributed by atoms with Crippen molar-refractivity contribution in [1.82, 2.24) is 19.6 Å². The van der Waals surface area contributed by atoms with Crippen LogP contribution in [0.15, 0.2) is 48.7 Å². The Bertz CT molecular complexity index is 1010. The third-order valence-corrected chi connectivity index (χ3v) is 5.21. The number of fused-ring (bicyclic) bond motifs is 1. The van der Waals surface area contributed by atoms with E-state index in [9.17, 15) is 9.59 Å². The molecule has 0 bridgehead atoms. The Kier molecular flexibility index (Phi) is 5.30. The highest BCUT2D eigenvalue weighted by Crippen LogP contribution is 2.18. The molecule has 3 heterocycles. The maximum atomic E-state index is 12.8. The van der Waals surface area contributed by atoms with Gasteiger partial charge in [0.2, 0.25) is 5.82 Å². The van der Waals surface area contributed by atoms with Gasteiger partial charge in [-0.25, -0.2) is 4.98 Å². The largest absolute Gasteiger partial charge is 0.349 e. The van der Waals surface area contributed by atoms with Crippen molar-refractivity contribution >= 4 is 28.9 Å². The van der Waals surface area contributed by atoms with Gasteiger partial charge in [-0.2, -0.15) is 0 Å². The lowest BCUT2D eigenvalue weighted by Crippen LogP contribution is -2.29. The van der Waals surface area contributed by atoms with Gasteiger partial charge < -0.3 is 10.2 Å². The number of halogens is 1. The lowest BCUT2D eigenvalue weighted by molar-refractivity contribution is 0.0789. The first-order valence-corrected chi connectivity index (χ1v) is 9.80. The topological polar surface area (TPSA) is 66.7 Å². The molecule has 1 aromatic carbocycles. The number of nitrogens with one attached hydrogen (secondary N) is 1. The van der Waals surface area contributed by atoms with Crippen molar-refractivity contribution < 1.29 is 9.59 Å². The summed E-state index contributed by atoms with van der Waals surface area (Å²) in [6.07, 6.45) is 4.47. The summed E-state index contributed by atoms with van der Waals surface area (Å²) in [4.78, 5) is 31.8. The second-order valence-electron chi connectivity index (χ2n) is 6.87. The zero-order chi connectivity index (χ0) is 19.5. The predicted molar refractivity (Wildman–Crippen MR) is 108 cm³/mol. The van der Waals surface area contributed by atoms with Crippen molar-refractivity contribution in [3.05, 3.63) is 70.8 Å². The average molecular weight is 397 g/mol. The van der Waals surface area contributed by atoms with Crippen LogP contribution in [0.1, 0.15) is 39.5 Å². The van der Waals surface area contributed by atoms with Crippen LogP contribution in [-0.2, 0) is 6.42 Å². The van der Waals surface area contributed by atoms with Gasteiger partial charge in [-0.1, -0.05) is 29.8 Å². The van der Waals surface area contributed by atoms with Gasteiger partial charge in [0.1, 0.15) is 0 Å². The molecule has 0 unspecified atom stereocenters. The van der Waals surface area contributed by atoms with Gasteiger partial charge in [0.25, 0.3) is 11.8 Å². The van der Waals surface area contributed by atoms with Crippen LogP contribution in [0.25, 0.3) is 5.52 Å². The smallest absolute Gasteiger partial charge is 0.287 e. The van der Waals surface area contributed by atoms with E-state index >= 15 is 0 Å². The molecule has 2 aromatic heterocycles. The molecule has 4 rings (SSSR count). The lowest BCUT2D eigenvalue weighted by Gasteiger charge is -2.13. The van der Waals surface area contributed by atoms with Gasteiger partial charge in [0.05, 0.1) is 5.52 Å². The highest BCUT2D eigenvalue weighted by atomic mass is 35.5. The summed E-state index contributed by atoms with van der Waals surface area (Å²) < 4.78 is 1.68. The molecule has 0 saturated carbocycles. The summed E-state index contributed by atoms with van der Waals surface area (Å²) in [7, 11) is 0. The molecule has 1 saturated heterocycles. The van der Waals surface area contributed by atoms with E-state index in [0.29, 0.717) is 29.2 Å². The van der Waals surface area contributed by atoms with Crippen molar-refractivity contribution in [1.29, 1.82) is 0 Å². The van der Waals surface area contributed by atoms with Crippen molar-refractivity contribution in [2.75, 3.05) is 19.6 Å². The maximum absolute atomic E-state index is 12.8. The summed E-state index contributed by atoms with van der Waals surface area (Å²) >= 11 is 5.89. The zero-order valence-electron chi connectivity index (χ0n) is 15.4. The second kappa shape index (κ2) is 8.02. The number of likely N-dealkylation sites (tertiary alicyclic amines) is 1. The maximum Gasteiger partial charge on any atom is 0.287 e. The van der Waals surface area contributed by atoms with Gasteiger partial charge in [-0.05, 0) is 49.1 Å². The second-order valence-corrected chi connectivity index (χ2v) is 7.31. The van der Waals surface area contributed by atoms with Gasteiger partial charge in [0, 0.05) is 30.9 Å². The van der Waals surface area contributed by atoms with Crippen molar-refractivity contribution in [2.24, 2.45) is 0 Å². The van der Waals surface area contributed by atoms with Crippen LogP contribution in [0.4, 0.5) is 0 Å². The highest BCUT2D eigenvalue weighted by molar-refractivity contribution is 6.30. The first-order chi connectivity index (χ1) is 13.6. The Balaban J connectivity index is 1.51. The van der Waals surface area contributed by atoms with E-state index in [1.54, 1.807) is 15.5 Å². The molecule has 6 nitrogen and oxygen atoms in total. The molecule has 3 aromatic rings. The molecule has 0 aliphatic carbocycles. The minimum atomic E-state index is -0.296. The van der Waals surface area contributed by atoms with Crippen LogP contribution < -0.4 is 5.32 Å². The number of rotatable bonds is 5. The van der Waals surface area contributed by atoms with Crippen molar-refractivity contribution in [2.45, 2.75) is 19.3 Å². The van der Waals surface area contributed by atoms with Crippen LogP contribution in [0.3, 0.4) is 0 Å². The number of nitrogens with zero attached hydrogens (tertiary/aromatic N) is 3. The summed E-state index contributed by atoms with van der Waals surface area (Å²) in [6.45, 7) is 1.96. The first-order valence-electron chi connectivity index (χ1n) is 9.42. The molecule has 0 spiro atoms. The number of carbonyl (C=O) groups excluding carboxylic acids is 2. The standard InChI is InChI=1S/C21H21ClN4O2/c22-16-8-6-15(7-9-16)10-11-23-20(27)19-24-18(17-5-1-2-14-26(17)19)21(28)25-12-3-4-13-25/h1-2,5-9,14H,3-4,10-13H2,(H,23,27). The summed E-state index contributed by atoms with van der Waals surface area (Å²) in [5.74, 6) is -0.175. The van der Waals surface area contributed by atoms with E-state index in [1.165, 1.54) is 0 Å². The average Bonchev–Trinajstić information content (AvgIpc) is 3.37. The summed E-state index contributed by atoms with van der Waals surface area (Å²) in [5, 5.41) is 3.58. The van der Waals surface area contributed by atoms with Crippen LogP contribution in [-0.4, -0.2) is 45.7 Å². The molecule has 1 fully saturated rings. The Morgan fingerprint density at radius 1 is 1.07 bits per heavy atom. The Morgan fingerprint density at radius 3 is 2.57 bits per heavy atom. The number of amides is 2. The van der Waals surface area contributed by atoms with E-state index in [2.05, 4.69) is 10.3 Å². The minimum Gasteiger partial charge on any atom is -0.349 e. The fraction of sp³-hybridized carbons (Fsp3) is 0.286. The Labute approximate surface area is 168 Å². The van der Waals surface area contributed by atoms with Crippen LogP contribution in [0.5, 0.6) is 0 Å². The Hall–Kier alpha value is -2.86. The number of aromatic nitrogens is 2. The van der Waals surface area contributed by atoms with Gasteiger partial charge in [-0.3, -0.25) is 14.0 Å². The minimum absolute atomic E-state index is 0.110. The number of pyridine rings is 1. The lowest BCUT2D eigenvalue weighted by atomic mass is 10.1. The van der Waals surface area contributed by atoms with Crippen LogP contribution in [0, 0.1) is 0 Å². The quantitative estimate of drug-likeness (QED) is 0.720. The number of carbonyl (C=O) groups is 2. The van der Waals surface area contributed by atoms with E-state index in [4.69, 9.17) is 11.6 Å². The van der Waals surface area contributed by atoms with Crippen molar-refractivity contribution in [3.8, 4) is 0 Å². The van der Waals surface area contributed by atoms with E-state index in [1.807, 2.05) is 42.5 Å². The highest BCUT2D eigenvalue weighted by Gasteiger charge is 2.26. The number of hydrogen-bond donors (Lipinski definition) is 1. The summed E-state index contributed by atoms with van der Waals surface area (Å²) in [6, 6.07) is 13.0. The molecule has 0 radical (unpaired) electrons. The molecule has 144 valence electrons. The summed E-state index contributed by atoms with van der Waals surface area (Å²) in [5.41, 5.74) is 2.08. The normalized spacial score (nSPS) is 13.8. The number of benzene rings is 1. The molecule has 1 N–H and O–H groups in total. The van der Waals surface area contributed by atoms with Gasteiger partial charge in [0.15, 0.2) is 5.69 Å². The fourth-order valence-corrected chi connectivity index (χ4v) is 3.60. The van der Waals surface area contributed by atoms with E-state index in [0.717, 1.165) is 31.5 Å². The Morgan fingerprint density at radius 2 is 1.82 bits per heavy atom. The third kappa shape index (κ3) is 3.73. The van der Waals surface area contributed by atoms with Crippen LogP contribution >= 0.6 is 11.6 Å². The molecule has 2 amide bonds. The van der Waals surface area contributed by atoms with Gasteiger partial charge in [-0.15, -0.1) is 0 Å². The zero-order valence-corrected chi connectivity index (χ0v) is 16.2. The predicted octanol–water partition coefficient (Wildman–Crippen LogP) is 3.20. The van der Waals surface area contributed by atoms with E-state index in [-0.39, 0.29) is 17.6 Å². The molecular formula is C21H21ClN4O2. The third-order valence-electron chi connectivity index (χ3n) is 4.96. The molecule has 28 heavy (non-hydrogen) atoms. The monoisotopic (exact) mass is 396 g/mol. The van der Waals surface area contributed by atoms with Crippen LogP contribution in [0.2, 0.25) is 5.02 Å². The molecular weight excluding hydrogens is 376 g/mol. The number of imidazole rings is 1. The molecule has 7 heteroatoms. The molecule has 1 aliphatic rings. The number of hydrogen-bond acceptors (Lipinski definition) is 3. The van der Waals surface area contributed by atoms with E-state index < -0.39 is 0 Å². The SMILES string of the molecule is O=C(NCCc1ccc(Cl)cc1)c1nc(C(=O)N2CCCC2)c2ccccn12.